The Balaban J connectivity index is 1.29. The first-order chi connectivity index (χ1) is 17.2. The molecule has 0 saturated heterocycles. The fourth-order valence-corrected chi connectivity index (χ4v) is 4.46. The van der Waals surface area contributed by atoms with E-state index >= 15 is 0 Å². The van der Waals surface area contributed by atoms with Crippen molar-refractivity contribution in [2.45, 2.75) is 40.0 Å². The number of thiocarbonyl (C=S) groups is 1. The number of ether oxygens (including phenoxy) is 1. The van der Waals surface area contributed by atoms with E-state index in [0.717, 1.165) is 33.5 Å². The average molecular weight is 522 g/mol. The fourth-order valence-electron chi connectivity index (χ4n) is 3.86. The van der Waals surface area contributed by atoms with Gasteiger partial charge in [-0.1, -0.05) is 49.7 Å². The van der Waals surface area contributed by atoms with Gasteiger partial charge >= 0.3 is 0 Å². The number of anilines is 1. The molecule has 0 unspecified atom stereocenters. The van der Waals surface area contributed by atoms with Crippen LogP contribution >= 0.6 is 23.8 Å². The molecule has 0 atom stereocenters. The van der Waals surface area contributed by atoms with Crippen molar-refractivity contribution in [3.05, 3.63) is 87.8 Å². The standard InChI is InChI=1S/C28H28ClN3O3S/c1-16(2)20-7-10-24-23(14-20)31-26(35-24)13-19-5-8-21(9-6-19)30-28(36)32-25(33)15-34-27-18(4)11-17(3)12-22(27)29/h5-12,14,16H,13,15H2,1-4H3,(H2,30,32,33,36). The van der Waals surface area contributed by atoms with E-state index in [1.54, 1.807) is 6.07 Å². The van der Waals surface area contributed by atoms with Gasteiger partial charge in [-0.05, 0) is 84.6 Å². The minimum absolute atomic E-state index is 0.183. The molecule has 0 fully saturated rings. The summed E-state index contributed by atoms with van der Waals surface area (Å²) in [5, 5.41) is 6.28. The summed E-state index contributed by atoms with van der Waals surface area (Å²) in [6, 6.07) is 17.6. The zero-order valence-corrected chi connectivity index (χ0v) is 22.2. The van der Waals surface area contributed by atoms with E-state index in [4.69, 9.17) is 33.0 Å². The van der Waals surface area contributed by atoms with Gasteiger partial charge in [-0.3, -0.25) is 10.1 Å². The van der Waals surface area contributed by atoms with Gasteiger partial charge in [0.05, 0.1) is 5.02 Å². The minimum Gasteiger partial charge on any atom is -0.482 e. The lowest BCUT2D eigenvalue weighted by atomic mass is 10.0. The molecule has 8 heteroatoms. The van der Waals surface area contributed by atoms with Crippen LogP contribution in [-0.4, -0.2) is 22.6 Å². The third kappa shape index (κ3) is 6.42. The van der Waals surface area contributed by atoms with Crippen LogP contribution in [-0.2, 0) is 11.2 Å². The number of aromatic nitrogens is 1. The Kier molecular flexibility index (Phi) is 7.91. The van der Waals surface area contributed by atoms with E-state index in [1.807, 2.05) is 50.2 Å². The van der Waals surface area contributed by atoms with Gasteiger partial charge in [0.2, 0.25) is 0 Å². The summed E-state index contributed by atoms with van der Waals surface area (Å²) < 4.78 is 11.5. The molecule has 0 spiro atoms. The Hall–Kier alpha value is -3.42. The fraction of sp³-hybridized carbons (Fsp3) is 0.250. The topological polar surface area (TPSA) is 76.4 Å². The first-order valence-corrected chi connectivity index (χ1v) is 12.4. The monoisotopic (exact) mass is 521 g/mol. The zero-order chi connectivity index (χ0) is 25.8. The summed E-state index contributed by atoms with van der Waals surface area (Å²) in [5.74, 6) is 1.22. The van der Waals surface area contributed by atoms with Gasteiger partial charge in [-0.15, -0.1) is 0 Å². The molecule has 6 nitrogen and oxygen atoms in total. The molecule has 1 heterocycles. The van der Waals surface area contributed by atoms with Crippen molar-refractivity contribution >= 4 is 51.6 Å². The number of fused-ring (bicyclic) bond motifs is 1. The molecule has 0 radical (unpaired) electrons. The molecule has 4 rings (SSSR count). The van der Waals surface area contributed by atoms with E-state index in [0.29, 0.717) is 29.0 Å². The highest BCUT2D eigenvalue weighted by molar-refractivity contribution is 7.80. The number of halogens is 1. The smallest absolute Gasteiger partial charge is 0.264 e. The van der Waals surface area contributed by atoms with Crippen LogP contribution < -0.4 is 15.4 Å². The number of hydrogen-bond acceptors (Lipinski definition) is 5. The van der Waals surface area contributed by atoms with Crippen molar-refractivity contribution < 1.29 is 13.9 Å². The Morgan fingerprint density at radius 2 is 1.86 bits per heavy atom. The number of nitrogens with zero attached hydrogens (tertiary/aromatic N) is 1. The average Bonchev–Trinajstić information content (AvgIpc) is 3.21. The van der Waals surface area contributed by atoms with Crippen LogP contribution in [0.1, 0.15) is 47.9 Å². The lowest BCUT2D eigenvalue weighted by molar-refractivity contribution is -0.121. The molecule has 4 aromatic rings. The van der Waals surface area contributed by atoms with Gasteiger partial charge in [-0.2, -0.15) is 0 Å². The SMILES string of the molecule is Cc1cc(C)c(OCC(=O)NC(=S)Nc2ccc(Cc3nc4cc(C(C)C)ccc4o3)cc2)c(Cl)c1. The van der Waals surface area contributed by atoms with Crippen LogP contribution in [0.15, 0.2) is 59.0 Å². The predicted molar refractivity (Wildman–Crippen MR) is 148 cm³/mol. The maximum atomic E-state index is 12.3. The molecule has 1 aromatic heterocycles. The number of hydrogen-bond donors (Lipinski definition) is 2. The summed E-state index contributed by atoms with van der Waals surface area (Å²) in [6.45, 7) is 7.95. The number of carbonyl (C=O) groups excluding carboxylic acids is 1. The molecular formula is C28H28ClN3O3S. The maximum absolute atomic E-state index is 12.3. The molecule has 186 valence electrons. The lowest BCUT2D eigenvalue weighted by Crippen LogP contribution is -2.37. The summed E-state index contributed by atoms with van der Waals surface area (Å²) in [4.78, 5) is 16.9. The van der Waals surface area contributed by atoms with Crippen molar-refractivity contribution in [1.82, 2.24) is 10.3 Å². The second-order valence-electron chi connectivity index (χ2n) is 9.05. The molecule has 1 amide bonds. The zero-order valence-electron chi connectivity index (χ0n) is 20.6. The van der Waals surface area contributed by atoms with Gasteiger partial charge in [0.15, 0.2) is 23.2 Å². The van der Waals surface area contributed by atoms with Crippen molar-refractivity contribution in [3.8, 4) is 5.75 Å². The highest BCUT2D eigenvalue weighted by Crippen LogP contribution is 2.29. The van der Waals surface area contributed by atoms with Crippen LogP contribution in [0.3, 0.4) is 0 Å². The molecular weight excluding hydrogens is 494 g/mol. The Labute approximate surface area is 221 Å². The summed E-state index contributed by atoms with van der Waals surface area (Å²) in [7, 11) is 0. The third-order valence-corrected chi connectivity index (χ3v) is 6.15. The Bertz CT molecular complexity index is 1390. The summed E-state index contributed by atoms with van der Waals surface area (Å²) >= 11 is 11.5. The largest absolute Gasteiger partial charge is 0.482 e. The molecule has 0 aliphatic heterocycles. The van der Waals surface area contributed by atoms with Crippen LogP contribution in [0.2, 0.25) is 5.02 Å². The first-order valence-electron chi connectivity index (χ1n) is 11.7. The second-order valence-corrected chi connectivity index (χ2v) is 9.86. The van der Waals surface area contributed by atoms with Crippen LogP contribution in [0.5, 0.6) is 5.75 Å². The number of benzene rings is 3. The molecule has 0 saturated carbocycles. The van der Waals surface area contributed by atoms with E-state index < -0.39 is 0 Å². The quantitative estimate of drug-likeness (QED) is 0.263. The predicted octanol–water partition coefficient (Wildman–Crippen LogP) is 6.70. The highest BCUT2D eigenvalue weighted by Gasteiger charge is 2.12. The molecule has 36 heavy (non-hydrogen) atoms. The van der Waals surface area contributed by atoms with Gasteiger partial charge in [0, 0.05) is 12.1 Å². The van der Waals surface area contributed by atoms with E-state index in [1.165, 1.54) is 5.56 Å². The molecule has 3 aromatic carbocycles. The summed E-state index contributed by atoms with van der Waals surface area (Å²) in [5.41, 5.74) is 6.59. The number of oxazole rings is 1. The number of rotatable bonds is 7. The minimum atomic E-state index is -0.378. The van der Waals surface area contributed by atoms with E-state index in [9.17, 15) is 4.79 Å². The highest BCUT2D eigenvalue weighted by atomic mass is 35.5. The molecule has 0 aliphatic carbocycles. The van der Waals surface area contributed by atoms with Gasteiger partial charge < -0.3 is 14.5 Å². The third-order valence-electron chi connectivity index (χ3n) is 5.66. The maximum Gasteiger partial charge on any atom is 0.264 e. The number of carbonyl (C=O) groups is 1. The van der Waals surface area contributed by atoms with Crippen LogP contribution in [0.4, 0.5) is 5.69 Å². The summed E-state index contributed by atoms with van der Waals surface area (Å²) in [6.07, 6.45) is 0.575. The molecule has 0 aliphatic rings. The van der Waals surface area contributed by atoms with Crippen molar-refractivity contribution in [2.24, 2.45) is 0 Å². The van der Waals surface area contributed by atoms with Crippen molar-refractivity contribution in [1.29, 1.82) is 0 Å². The van der Waals surface area contributed by atoms with Crippen molar-refractivity contribution in [2.75, 3.05) is 11.9 Å². The second kappa shape index (κ2) is 11.1. The number of amides is 1. The Morgan fingerprint density at radius 3 is 2.56 bits per heavy atom. The van der Waals surface area contributed by atoms with Gasteiger partial charge in [-0.25, -0.2) is 4.98 Å². The van der Waals surface area contributed by atoms with E-state index in [-0.39, 0.29) is 17.6 Å². The number of nitrogens with one attached hydrogen (secondary N) is 2. The molecule has 0 bridgehead atoms. The van der Waals surface area contributed by atoms with Crippen LogP contribution in [0, 0.1) is 13.8 Å². The number of aryl methyl sites for hydroxylation is 2. The van der Waals surface area contributed by atoms with Crippen LogP contribution in [0.25, 0.3) is 11.1 Å². The Morgan fingerprint density at radius 1 is 1.11 bits per heavy atom. The van der Waals surface area contributed by atoms with E-state index in [2.05, 4.69) is 41.6 Å². The lowest BCUT2D eigenvalue weighted by Gasteiger charge is -2.13. The van der Waals surface area contributed by atoms with Gasteiger partial charge in [0.1, 0.15) is 11.3 Å². The molecule has 2 N–H and O–H groups in total. The first kappa shape index (κ1) is 25.7. The van der Waals surface area contributed by atoms with Gasteiger partial charge in [0.25, 0.3) is 5.91 Å². The van der Waals surface area contributed by atoms with Crippen molar-refractivity contribution in [3.63, 3.8) is 0 Å². The normalized spacial score (nSPS) is 11.1.